The summed E-state index contributed by atoms with van der Waals surface area (Å²) in [7, 11) is 0. The summed E-state index contributed by atoms with van der Waals surface area (Å²) in [6, 6.07) is 0. The number of nitrogens with one attached hydrogen (secondary N) is 1. The standard InChI is InChI=1S/C5H9N5/c1-2-7-4(6)5-8-3-9-10-5/h3H,2H2,1H3,(H2,6,7)(H,8,9,10). The van der Waals surface area contributed by atoms with E-state index in [4.69, 9.17) is 5.73 Å². The lowest BCUT2D eigenvalue weighted by Crippen LogP contribution is -2.15. The second-order valence-electron chi connectivity index (χ2n) is 1.69. The van der Waals surface area contributed by atoms with Crippen molar-refractivity contribution in [1.29, 1.82) is 0 Å². The number of nitrogens with zero attached hydrogens (tertiary/aromatic N) is 3. The Bertz CT molecular complexity index is 212. The van der Waals surface area contributed by atoms with Gasteiger partial charge in [-0.3, -0.25) is 10.1 Å². The molecule has 0 saturated heterocycles. The number of rotatable bonds is 2. The molecule has 0 aliphatic carbocycles. The third-order valence-corrected chi connectivity index (χ3v) is 0.986. The first-order valence-corrected chi connectivity index (χ1v) is 3.00. The van der Waals surface area contributed by atoms with E-state index in [1.165, 1.54) is 6.33 Å². The summed E-state index contributed by atoms with van der Waals surface area (Å²) in [6.45, 7) is 2.57. The minimum absolute atomic E-state index is 0.403. The van der Waals surface area contributed by atoms with Gasteiger partial charge in [0, 0.05) is 6.54 Å². The van der Waals surface area contributed by atoms with Crippen LogP contribution in [0.5, 0.6) is 0 Å². The molecular weight excluding hydrogens is 130 g/mol. The molecule has 0 aliphatic rings. The van der Waals surface area contributed by atoms with Crippen molar-refractivity contribution in [1.82, 2.24) is 15.2 Å². The Hall–Kier alpha value is -1.39. The molecule has 1 aromatic rings. The van der Waals surface area contributed by atoms with E-state index in [1.807, 2.05) is 6.92 Å². The van der Waals surface area contributed by atoms with Crippen LogP contribution < -0.4 is 5.73 Å². The molecular formula is C5H9N5. The molecule has 0 bridgehead atoms. The first kappa shape index (κ1) is 6.73. The highest BCUT2D eigenvalue weighted by molar-refractivity contribution is 5.93. The molecule has 5 nitrogen and oxygen atoms in total. The van der Waals surface area contributed by atoms with Crippen LogP contribution in [-0.4, -0.2) is 27.6 Å². The van der Waals surface area contributed by atoms with Crippen LogP contribution in [0.1, 0.15) is 12.7 Å². The molecule has 0 aromatic carbocycles. The van der Waals surface area contributed by atoms with Gasteiger partial charge in [-0.1, -0.05) is 0 Å². The van der Waals surface area contributed by atoms with Gasteiger partial charge in [-0.15, -0.1) is 0 Å². The van der Waals surface area contributed by atoms with Gasteiger partial charge in [0.25, 0.3) is 0 Å². The first-order valence-electron chi connectivity index (χ1n) is 3.00. The van der Waals surface area contributed by atoms with Gasteiger partial charge in [-0.2, -0.15) is 5.10 Å². The van der Waals surface area contributed by atoms with E-state index in [2.05, 4.69) is 20.2 Å². The highest BCUT2D eigenvalue weighted by Crippen LogP contribution is 1.83. The number of hydrogen-bond donors (Lipinski definition) is 2. The predicted molar refractivity (Wildman–Crippen MR) is 37.6 cm³/mol. The molecule has 1 aromatic heterocycles. The summed E-state index contributed by atoms with van der Waals surface area (Å²) in [6.07, 6.45) is 1.40. The van der Waals surface area contributed by atoms with E-state index in [-0.39, 0.29) is 0 Å². The Morgan fingerprint density at radius 1 is 1.90 bits per heavy atom. The molecule has 1 heterocycles. The van der Waals surface area contributed by atoms with E-state index < -0.39 is 0 Å². The van der Waals surface area contributed by atoms with Crippen LogP contribution in [0.15, 0.2) is 11.3 Å². The summed E-state index contributed by atoms with van der Waals surface area (Å²) in [5.74, 6) is 0.932. The average Bonchev–Trinajstić information content (AvgIpc) is 2.38. The molecule has 0 fully saturated rings. The lowest BCUT2D eigenvalue weighted by atomic mass is 10.5. The molecule has 0 saturated carbocycles. The Morgan fingerprint density at radius 3 is 3.20 bits per heavy atom. The van der Waals surface area contributed by atoms with Gasteiger partial charge in [0.1, 0.15) is 6.33 Å². The number of hydrogen-bond acceptors (Lipinski definition) is 3. The van der Waals surface area contributed by atoms with Crippen LogP contribution >= 0.6 is 0 Å². The van der Waals surface area contributed by atoms with Crippen LogP contribution in [0.4, 0.5) is 0 Å². The van der Waals surface area contributed by atoms with Crippen molar-refractivity contribution in [3.63, 3.8) is 0 Å². The van der Waals surface area contributed by atoms with Crippen molar-refractivity contribution in [3.05, 3.63) is 12.2 Å². The maximum atomic E-state index is 5.47. The summed E-state index contributed by atoms with van der Waals surface area (Å²) in [4.78, 5) is 7.74. The van der Waals surface area contributed by atoms with E-state index in [0.717, 1.165) is 0 Å². The topological polar surface area (TPSA) is 79.9 Å². The molecule has 1 rings (SSSR count). The Kier molecular flexibility index (Phi) is 1.99. The van der Waals surface area contributed by atoms with Crippen molar-refractivity contribution in [2.45, 2.75) is 6.92 Å². The lowest BCUT2D eigenvalue weighted by Gasteiger charge is -1.90. The predicted octanol–water partition coefficient (Wildman–Crippen LogP) is -0.470. The van der Waals surface area contributed by atoms with Gasteiger partial charge in [-0.25, -0.2) is 4.98 Å². The van der Waals surface area contributed by atoms with Crippen LogP contribution in [0.2, 0.25) is 0 Å². The van der Waals surface area contributed by atoms with Crippen molar-refractivity contribution in [2.75, 3.05) is 6.54 Å². The molecule has 0 amide bonds. The monoisotopic (exact) mass is 139 g/mol. The molecule has 0 radical (unpaired) electrons. The van der Waals surface area contributed by atoms with Crippen LogP contribution in [0, 0.1) is 0 Å². The van der Waals surface area contributed by atoms with Crippen LogP contribution in [0.3, 0.4) is 0 Å². The van der Waals surface area contributed by atoms with Gasteiger partial charge in [-0.05, 0) is 6.92 Å². The molecule has 0 spiro atoms. The highest BCUT2D eigenvalue weighted by atomic mass is 15.2. The highest BCUT2D eigenvalue weighted by Gasteiger charge is 1.97. The molecule has 0 atom stereocenters. The van der Waals surface area contributed by atoms with Crippen LogP contribution in [-0.2, 0) is 0 Å². The second kappa shape index (κ2) is 2.95. The molecule has 10 heavy (non-hydrogen) atoms. The Morgan fingerprint density at radius 2 is 2.70 bits per heavy atom. The van der Waals surface area contributed by atoms with Crippen molar-refractivity contribution in [3.8, 4) is 0 Å². The van der Waals surface area contributed by atoms with E-state index >= 15 is 0 Å². The average molecular weight is 139 g/mol. The first-order chi connectivity index (χ1) is 4.84. The zero-order valence-corrected chi connectivity index (χ0v) is 5.70. The number of aromatic amines is 1. The smallest absolute Gasteiger partial charge is 0.190 e. The van der Waals surface area contributed by atoms with Gasteiger partial charge in [0.15, 0.2) is 11.7 Å². The van der Waals surface area contributed by atoms with E-state index in [9.17, 15) is 0 Å². The van der Waals surface area contributed by atoms with Gasteiger partial charge < -0.3 is 5.73 Å². The number of aromatic nitrogens is 3. The van der Waals surface area contributed by atoms with Gasteiger partial charge in [0.05, 0.1) is 0 Å². The molecule has 54 valence electrons. The Labute approximate surface area is 58.4 Å². The normalized spacial score (nSPS) is 11.9. The minimum Gasteiger partial charge on any atom is -0.381 e. The molecule has 0 aliphatic heterocycles. The number of amidine groups is 1. The van der Waals surface area contributed by atoms with Crippen molar-refractivity contribution < 1.29 is 0 Å². The zero-order chi connectivity index (χ0) is 7.40. The minimum atomic E-state index is 0.403. The fourth-order valence-electron chi connectivity index (χ4n) is 0.574. The van der Waals surface area contributed by atoms with Gasteiger partial charge >= 0.3 is 0 Å². The van der Waals surface area contributed by atoms with Crippen molar-refractivity contribution >= 4 is 5.84 Å². The van der Waals surface area contributed by atoms with E-state index in [1.54, 1.807) is 0 Å². The quantitative estimate of drug-likeness (QED) is 0.429. The molecule has 0 unspecified atom stereocenters. The Balaban J connectivity index is 2.77. The molecule has 3 N–H and O–H groups in total. The summed E-state index contributed by atoms with van der Waals surface area (Å²) < 4.78 is 0. The largest absolute Gasteiger partial charge is 0.381 e. The maximum Gasteiger partial charge on any atom is 0.190 e. The maximum absolute atomic E-state index is 5.47. The fourth-order valence-corrected chi connectivity index (χ4v) is 0.574. The number of aliphatic imine (C=N–C) groups is 1. The number of nitrogens with two attached hydrogens (primary N) is 1. The third-order valence-electron chi connectivity index (χ3n) is 0.986. The van der Waals surface area contributed by atoms with E-state index in [0.29, 0.717) is 18.2 Å². The summed E-state index contributed by atoms with van der Waals surface area (Å²) in [5, 5.41) is 6.23. The summed E-state index contributed by atoms with van der Waals surface area (Å²) in [5.41, 5.74) is 5.47. The van der Waals surface area contributed by atoms with Crippen LogP contribution in [0.25, 0.3) is 0 Å². The third kappa shape index (κ3) is 1.31. The van der Waals surface area contributed by atoms with Crippen molar-refractivity contribution in [2.24, 2.45) is 10.7 Å². The zero-order valence-electron chi connectivity index (χ0n) is 5.70. The van der Waals surface area contributed by atoms with Gasteiger partial charge in [0.2, 0.25) is 0 Å². The molecule has 5 heteroatoms. The summed E-state index contributed by atoms with van der Waals surface area (Å²) >= 11 is 0. The lowest BCUT2D eigenvalue weighted by molar-refractivity contribution is 1.06. The number of H-pyrrole nitrogens is 1. The SMILES string of the molecule is CCN=C(N)c1ncn[nH]1. The second-order valence-corrected chi connectivity index (χ2v) is 1.69. The fraction of sp³-hybridized carbons (Fsp3) is 0.400.